The van der Waals surface area contributed by atoms with Gasteiger partial charge in [-0.1, -0.05) is 13.3 Å². The van der Waals surface area contributed by atoms with E-state index in [4.69, 9.17) is 5.11 Å². The molecule has 0 atom stereocenters. The number of unbranched alkanes of at least 4 members (excludes halogenated alkanes) is 1. The van der Waals surface area contributed by atoms with Gasteiger partial charge in [0.15, 0.2) is 0 Å². The molecule has 0 spiro atoms. The lowest BCUT2D eigenvalue weighted by Crippen LogP contribution is -2.40. The van der Waals surface area contributed by atoms with Gasteiger partial charge >= 0.3 is 12.1 Å². The maximum absolute atomic E-state index is 12.1. The number of hydrogen-bond donors (Lipinski definition) is 1. The van der Waals surface area contributed by atoms with E-state index in [1.54, 1.807) is 6.92 Å². The van der Waals surface area contributed by atoms with Gasteiger partial charge in [0.25, 0.3) is 0 Å². The molecule has 1 N–H and O–H groups in total. The second kappa shape index (κ2) is 6.34. The summed E-state index contributed by atoms with van der Waals surface area (Å²) < 4.78 is 36.3. The predicted octanol–water partition coefficient (Wildman–Crippen LogP) is 1.65. The average molecular weight is 241 g/mol. The van der Waals surface area contributed by atoms with Crippen molar-refractivity contribution >= 4 is 11.9 Å². The minimum Gasteiger partial charge on any atom is -0.481 e. The minimum atomic E-state index is -4.50. The monoisotopic (exact) mass is 241 g/mol. The highest BCUT2D eigenvalue weighted by atomic mass is 19.4. The zero-order valence-electron chi connectivity index (χ0n) is 8.88. The summed E-state index contributed by atoms with van der Waals surface area (Å²) in [6, 6.07) is 0. The molecule has 0 rings (SSSR count). The number of hydrogen-bond acceptors (Lipinski definition) is 2. The van der Waals surface area contributed by atoms with Gasteiger partial charge in [0.05, 0.1) is 0 Å². The Balaban J connectivity index is 4.40. The normalized spacial score (nSPS) is 11.2. The number of rotatable bonds is 6. The molecule has 7 heteroatoms. The molecule has 0 fully saturated rings. The van der Waals surface area contributed by atoms with E-state index in [1.165, 1.54) is 0 Å². The molecule has 0 radical (unpaired) electrons. The van der Waals surface area contributed by atoms with Crippen LogP contribution in [0.5, 0.6) is 0 Å². The molecule has 0 aromatic heterocycles. The highest BCUT2D eigenvalue weighted by Gasteiger charge is 2.33. The van der Waals surface area contributed by atoms with Crippen molar-refractivity contribution in [2.75, 3.05) is 13.1 Å². The maximum Gasteiger partial charge on any atom is 0.406 e. The molecule has 0 aliphatic carbocycles. The van der Waals surface area contributed by atoms with E-state index < -0.39 is 31.0 Å². The zero-order chi connectivity index (χ0) is 12.8. The lowest BCUT2D eigenvalue weighted by atomic mass is 10.3. The van der Waals surface area contributed by atoms with Crippen LogP contribution in [0.15, 0.2) is 0 Å². The van der Waals surface area contributed by atoms with Crippen molar-refractivity contribution in [1.29, 1.82) is 0 Å². The number of nitrogens with zero attached hydrogens (tertiary/aromatic N) is 1. The fraction of sp³-hybridized carbons (Fsp3) is 0.778. The first-order valence-electron chi connectivity index (χ1n) is 4.82. The Morgan fingerprint density at radius 1 is 1.31 bits per heavy atom. The standard InChI is InChI=1S/C9H14F3NO3/c1-2-3-4-13(6-9(10,11)12)7(14)5-8(15)16/h2-6H2,1H3,(H,15,16). The Morgan fingerprint density at radius 2 is 1.88 bits per heavy atom. The van der Waals surface area contributed by atoms with E-state index >= 15 is 0 Å². The zero-order valence-corrected chi connectivity index (χ0v) is 8.88. The van der Waals surface area contributed by atoms with Crippen LogP contribution < -0.4 is 0 Å². The third-order valence-corrected chi connectivity index (χ3v) is 1.81. The highest BCUT2D eigenvalue weighted by Crippen LogP contribution is 2.17. The second-order valence-electron chi connectivity index (χ2n) is 3.35. The molecule has 1 amide bonds. The number of carboxylic acids is 1. The minimum absolute atomic E-state index is 0.0673. The molecule has 0 aromatic rings. The van der Waals surface area contributed by atoms with E-state index in [2.05, 4.69) is 0 Å². The van der Waals surface area contributed by atoms with Crippen molar-refractivity contribution in [1.82, 2.24) is 4.90 Å². The van der Waals surface area contributed by atoms with E-state index in [9.17, 15) is 22.8 Å². The summed E-state index contributed by atoms with van der Waals surface area (Å²) >= 11 is 0. The van der Waals surface area contributed by atoms with Crippen LogP contribution in [-0.2, 0) is 9.59 Å². The van der Waals surface area contributed by atoms with E-state index in [0.29, 0.717) is 17.7 Å². The topological polar surface area (TPSA) is 57.6 Å². The molecule has 0 saturated carbocycles. The van der Waals surface area contributed by atoms with Crippen LogP contribution in [-0.4, -0.2) is 41.1 Å². The van der Waals surface area contributed by atoms with E-state index in [0.717, 1.165) is 0 Å². The Labute approximate surface area is 91.0 Å². The Morgan fingerprint density at radius 3 is 2.25 bits per heavy atom. The van der Waals surface area contributed by atoms with Crippen LogP contribution in [0.3, 0.4) is 0 Å². The number of carboxylic acid groups (broad SMARTS) is 1. The van der Waals surface area contributed by atoms with Gasteiger partial charge in [-0.25, -0.2) is 0 Å². The number of amides is 1. The Kier molecular flexibility index (Phi) is 5.84. The molecule has 0 heterocycles. The molecule has 0 unspecified atom stereocenters. The van der Waals surface area contributed by atoms with E-state index in [-0.39, 0.29) is 6.54 Å². The quantitative estimate of drug-likeness (QED) is 0.719. The molecule has 0 bridgehead atoms. The van der Waals surface area contributed by atoms with Gasteiger partial charge in [-0.3, -0.25) is 9.59 Å². The van der Waals surface area contributed by atoms with Gasteiger partial charge in [0, 0.05) is 6.54 Å². The summed E-state index contributed by atoms with van der Waals surface area (Å²) in [7, 11) is 0. The fourth-order valence-electron chi connectivity index (χ4n) is 1.10. The summed E-state index contributed by atoms with van der Waals surface area (Å²) in [6.45, 7) is 0.314. The van der Waals surface area contributed by atoms with Crippen molar-refractivity contribution in [3.8, 4) is 0 Å². The Bertz CT molecular complexity index is 253. The lowest BCUT2D eigenvalue weighted by molar-refractivity contribution is -0.163. The summed E-state index contributed by atoms with van der Waals surface area (Å²) in [4.78, 5) is 21.9. The van der Waals surface area contributed by atoms with Crippen molar-refractivity contribution in [3.05, 3.63) is 0 Å². The van der Waals surface area contributed by atoms with Crippen LogP contribution in [0.4, 0.5) is 13.2 Å². The molecular formula is C9H14F3NO3. The van der Waals surface area contributed by atoms with Crippen molar-refractivity contribution in [3.63, 3.8) is 0 Å². The number of carbonyl (C=O) groups is 2. The van der Waals surface area contributed by atoms with Crippen molar-refractivity contribution < 1.29 is 27.9 Å². The van der Waals surface area contributed by atoms with Gasteiger partial charge in [-0.05, 0) is 6.42 Å². The first-order valence-corrected chi connectivity index (χ1v) is 4.82. The maximum atomic E-state index is 12.1. The summed E-state index contributed by atoms with van der Waals surface area (Å²) in [5, 5.41) is 8.33. The third-order valence-electron chi connectivity index (χ3n) is 1.81. The van der Waals surface area contributed by atoms with Gasteiger partial charge in [-0.15, -0.1) is 0 Å². The molecule has 0 saturated heterocycles. The van der Waals surface area contributed by atoms with Gasteiger partial charge in [-0.2, -0.15) is 13.2 Å². The first-order chi connectivity index (χ1) is 7.26. The number of carbonyl (C=O) groups excluding carboxylic acids is 1. The van der Waals surface area contributed by atoms with Crippen LogP contribution in [0.2, 0.25) is 0 Å². The number of alkyl halides is 3. The summed E-state index contributed by atoms with van der Waals surface area (Å²) in [5.74, 6) is -2.42. The van der Waals surface area contributed by atoms with Crippen molar-refractivity contribution in [2.45, 2.75) is 32.4 Å². The molecular weight excluding hydrogens is 227 g/mol. The van der Waals surface area contributed by atoms with Crippen LogP contribution in [0.25, 0.3) is 0 Å². The highest BCUT2D eigenvalue weighted by molar-refractivity contribution is 5.93. The number of halogens is 3. The molecule has 0 aromatic carbocycles. The van der Waals surface area contributed by atoms with Crippen molar-refractivity contribution in [2.24, 2.45) is 0 Å². The van der Waals surface area contributed by atoms with E-state index in [1.807, 2.05) is 0 Å². The van der Waals surface area contributed by atoms with Gasteiger partial charge in [0.1, 0.15) is 13.0 Å². The number of aliphatic carboxylic acids is 1. The molecule has 16 heavy (non-hydrogen) atoms. The largest absolute Gasteiger partial charge is 0.481 e. The Hall–Kier alpha value is -1.27. The lowest BCUT2D eigenvalue weighted by Gasteiger charge is -2.23. The molecule has 94 valence electrons. The summed E-state index contributed by atoms with van der Waals surface area (Å²) in [6.07, 6.45) is -4.35. The fourth-order valence-corrected chi connectivity index (χ4v) is 1.10. The molecule has 0 aliphatic heterocycles. The van der Waals surface area contributed by atoms with Gasteiger partial charge < -0.3 is 10.0 Å². The van der Waals surface area contributed by atoms with Crippen LogP contribution >= 0.6 is 0 Å². The smallest absolute Gasteiger partial charge is 0.406 e. The summed E-state index contributed by atoms with van der Waals surface area (Å²) in [5.41, 5.74) is 0. The molecule has 4 nitrogen and oxygen atoms in total. The molecule has 0 aliphatic rings. The second-order valence-corrected chi connectivity index (χ2v) is 3.35. The average Bonchev–Trinajstić information content (AvgIpc) is 2.09. The van der Waals surface area contributed by atoms with Crippen LogP contribution in [0.1, 0.15) is 26.2 Å². The SMILES string of the molecule is CCCCN(CC(F)(F)F)C(=O)CC(=O)O. The van der Waals surface area contributed by atoms with Gasteiger partial charge in [0.2, 0.25) is 5.91 Å². The van der Waals surface area contributed by atoms with Crippen LogP contribution in [0, 0.1) is 0 Å². The predicted molar refractivity (Wildman–Crippen MR) is 49.8 cm³/mol. The third kappa shape index (κ3) is 7.08. The first kappa shape index (κ1) is 14.7.